The van der Waals surface area contributed by atoms with Crippen molar-refractivity contribution in [3.8, 4) is 0 Å². The number of aromatic nitrogens is 2. The van der Waals surface area contributed by atoms with E-state index in [9.17, 15) is 9.59 Å². The van der Waals surface area contributed by atoms with E-state index >= 15 is 0 Å². The van der Waals surface area contributed by atoms with Crippen molar-refractivity contribution < 1.29 is 9.59 Å². The van der Waals surface area contributed by atoms with Crippen LogP contribution in [0, 0.1) is 5.92 Å². The van der Waals surface area contributed by atoms with E-state index in [0.29, 0.717) is 30.1 Å². The Morgan fingerprint density at radius 3 is 2.92 bits per heavy atom. The molecule has 7 nitrogen and oxygen atoms in total. The van der Waals surface area contributed by atoms with Crippen LogP contribution in [-0.4, -0.2) is 34.7 Å². The lowest BCUT2D eigenvalue weighted by Gasteiger charge is -2.33. The molecule has 2 heterocycles. The smallest absolute Gasteiger partial charge is 0.250 e. The highest BCUT2D eigenvalue weighted by Gasteiger charge is 2.21. The number of primary amides is 1. The summed E-state index contributed by atoms with van der Waals surface area (Å²) in [6.45, 7) is 4.55. The Kier molecular flexibility index (Phi) is 5.55. The molecule has 2 aromatic rings. The van der Waals surface area contributed by atoms with Crippen LogP contribution in [0.15, 0.2) is 36.7 Å². The fraction of sp³-hybridized carbons (Fsp3) is 0.421. The Bertz CT molecular complexity index is 772. The molecule has 7 heteroatoms. The molecule has 1 aromatic carbocycles. The molecule has 1 aromatic heterocycles. The summed E-state index contributed by atoms with van der Waals surface area (Å²) in [5.74, 6) is -0.0210. The maximum atomic E-state index is 12.1. The predicted molar refractivity (Wildman–Crippen MR) is 101 cm³/mol. The summed E-state index contributed by atoms with van der Waals surface area (Å²) < 4.78 is 1.70. The van der Waals surface area contributed by atoms with E-state index in [1.165, 1.54) is 6.42 Å². The van der Waals surface area contributed by atoms with E-state index in [2.05, 4.69) is 22.2 Å². The van der Waals surface area contributed by atoms with Crippen molar-refractivity contribution >= 4 is 23.2 Å². The zero-order valence-corrected chi connectivity index (χ0v) is 15.0. The standard InChI is InChI=1S/C19H25N5O2/c1-14-4-2-9-23(13-14)17-6-5-15(12-16(17)19(20)26)22-18(25)7-11-24-10-3-8-21-24/h3,5-6,8,10,12,14H,2,4,7,9,11,13H2,1H3,(H2,20,26)(H,22,25). The summed E-state index contributed by atoms with van der Waals surface area (Å²) in [5, 5.41) is 6.90. The first-order valence-electron chi connectivity index (χ1n) is 8.99. The van der Waals surface area contributed by atoms with Gasteiger partial charge in [0.2, 0.25) is 5.91 Å². The van der Waals surface area contributed by atoms with Crippen LogP contribution < -0.4 is 16.0 Å². The van der Waals surface area contributed by atoms with Gasteiger partial charge in [-0.15, -0.1) is 0 Å². The van der Waals surface area contributed by atoms with Gasteiger partial charge in [-0.2, -0.15) is 5.10 Å². The lowest BCUT2D eigenvalue weighted by molar-refractivity contribution is -0.116. The molecule has 0 radical (unpaired) electrons. The number of carbonyl (C=O) groups is 2. The summed E-state index contributed by atoms with van der Waals surface area (Å²) in [7, 11) is 0. The number of aryl methyl sites for hydroxylation is 1. The van der Waals surface area contributed by atoms with Crippen molar-refractivity contribution in [3.63, 3.8) is 0 Å². The van der Waals surface area contributed by atoms with Gasteiger partial charge in [-0.05, 0) is 43.0 Å². The van der Waals surface area contributed by atoms with E-state index in [4.69, 9.17) is 5.73 Å². The molecule has 26 heavy (non-hydrogen) atoms. The lowest BCUT2D eigenvalue weighted by atomic mass is 9.98. The number of nitrogens with zero attached hydrogens (tertiary/aromatic N) is 3. The number of benzene rings is 1. The summed E-state index contributed by atoms with van der Waals surface area (Å²) in [5.41, 5.74) is 7.46. The topological polar surface area (TPSA) is 93.2 Å². The van der Waals surface area contributed by atoms with Gasteiger partial charge in [0, 0.05) is 49.8 Å². The van der Waals surface area contributed by atoms with Gasteiger partial charge in [0.1, 0.15) is 0 Å². The maximum Gasteiger partial charge on any atom is 0.250 e. The molecule has 2 amide bonds. The molecule has 1 saturated heterocycles. The monoisotopic (exact) mass is 355 g/mol. The van der Waals surface area contributed by atoms with Crippen LogP contribution in [0.3, 0.4) is 0 Å². The summed E-state index contributed by atoms with van der Waals surface area (Å²) >= 11 is 0. The van der Waals surface area contributed by atoms with Crippen molar-refractivity contribution in [1.82, 2.24) is 9.78 Å². The quantitative estimate of drug-likeness (QED) is 0.831. The highest BCUT2D eigenvalue weighted by molar-refractivity contribution is 6.01. The minimum absolute atomic E-state index is 0.129. The van der Waals surface area contributed by atoms with Crippen LogP contribution >= 0.6 is 0 Å². The maximum absolute atomic E-state index is 12.1. The molecule has 0 spiro atoms. The number of hydrogen-bond acceptors (Lipinski definition) is 4. The van der Waals surface area contributed by atoms with Crippen LogP contribution in [0.1, 0.15) is 36.5 Å². The molecule has 0 aliphatic carbocycles. The van der Waals surface area contributed by atoms with Crippen LogP contribution in [0.2, 0.25) is 0 Å². The van der Waals surface area contributed by atoms with Gasteiger partial charge < -0.3 is 16.0 Å². The van der Waals surface area contributed by atoms with Crippen LogP contribution in [0.4, 0.5) is 11.4 Å². The molecule has 0 bridgehead atoms. The van der Waals surface area contributed by atoms with Gasteiger partial charge in [0.25, 0.3) is 5.91 Å². The third-order valence-corrected chi connectivity index (χ3v) is 4.67. The van der Waals surface area contributed by atoms with E-state index in [1.807, 2.05) is 24.4 Å². The normalized spacial score (nSPS) is 17.1. The highest BCUT2D eigenvalue weighted by Crippen LogP contribution is 2.28. The highest BCUT2D eigenvalue weighted by atomic mass is 16.2. The molecule has 1 unspecified atom stereocenters. The van der Waals surface area contributed by atoms with Gasteiger partial charge in [-0.3, -0.25) is 14.3 Å². The molecular weight excluding hydrogens is 330 g/mol. The fourth-order valence-corrected chi connectivity index (χ4v) is 3.37. The summed E-state index contributed by atoms with van der Waals surface area (Å²) in [6.07, 6.45) is 6.10. The Morgan fingerprint density at radius 1 is 1.38 bits per heavy atom. The van der Waals surface area contributed by atoms with Crippen LogP contribution in [0.25, 0.3) is 0 Å². The molecule has 1 aliphatic heterocycles. The number of rotatable bonds is 6. The Labute approximate surface area is 153 Å². The number of anilines is 2. The van der Waals surface area contributed by atoms with Gasteiger partial charge in [-0.25, -0.2) is 0 Å². The van der Waals surface area contributed by atoms with E-state index < -0.39 is 5.91 Å². The average molecular weight is 355 g/mol. The van der Waals surface area contributed by atoms with Gasteiger partial charge in [0.05, 0.1) is 5.56 Å². The molecular formula is C19H25N5O2. The molecule has 3 N–H and O–H groups in total. The Morgan fingerprint density at radius 2 is 2.23 bits per heavy atom. The first-order valence-corrected chi connectivity index (χ1v) is 8.99. The molecule has 1 aliphatic rings. The third kappa shape index (κ3) is 4.41. The number of piperidine rings is 1. The van der Waals surface area contributed by atoms with Gasteiger partial charge >= 0.3 is 0 Å². The fourth-order valence-electron chi connectivity index (χ4n) is 3.37. The van der Waals surface area contributed by atoms with Crippen LogP contribution in [-0.2, 0) is 11.3 Å². The van der Waals surface area contributed by atoms with Gasteiger partial charge in [0.15, 0.2) is 0 Å². The number of nitrogens with one attached hydrogen (secondary N) is 1. The molecule has 0 saturated carbocycles. The summed E-state index contributed by atoms with van der Waals surface area (Å²) in [4.78, 5) is 26.3. The average Bonchev–Trinajstić information content (AvgIpc) is 3.13. The number of hydrogen-bond donors (Lipinski definition) is 2. The number of nitrogens with two attached hydrogens (primary N) is 1. The van der Waals surface area contributed by atoms with Crippen molar-refractivity contribution in [1.29, 1.82) is 0 Å². The minimum atomic E-state index is -0.481. The van der Waals surface area contributed by atoms with Gasteiger partial charge in [-0.1, -0.05) is 6.92 Å². The zero-order chi connectivity index (χ0) is 18.5. The second-order valence-corrected chi connectivity index (χ2v) is 6.86. The van der Waals surface area contributed by atoms with Crippen molar-refractivity contribution in [3.05, 3.63) is 42.2 Å². The number of carbonyl (C=O) groups excluding carboxylic acids is 2. The predicted octanol–water partition coefficient (Wildman–Crippen LogP) is 2.25. The first kappa shape index (κ1) is 18.0. The molecule has 1 atom stereocenters. The summed E-state index contributed by atoms with van der Waals surface area (Å²) in [6, 6.07) is 7.19. The molecule has 1 fully saturated rings. The van der Waals surface area contributed by atoms with Crippen molar-refractivity contribution in [2.45, 2.75) is 32.7 Å². The molecule has 138 valence electrons. The largest absolute Gasteiger partial charge is 0.371 e. The first-order chi connectivity index (χ1) is 12.5. The van der Waals surface area contributed by atoms with E-state index in [1.54, 1.807) is 16.9 Å². The second kappa shape index (κ2) is 8.03. The second-order valence-electron chi connectivity index (χ2n) is 6.86. The van der Waals surface area contributed by atoms with Crippen molar-refractivity contribution in [2.75, 3.05) is 23.3 Å². The van der Waals surface area contributed by atoms with Crippen molar-refractivity contribution in [2.24, 2.45) is 11.7 Å². The zero-order valence-electron chi connectivity index (χ0n) is 15.0. The SMILES string of the molecule is CC1CCCN(c2ccc(NC(=O)CCn3cccn3)cc2C(N)=O)C1. The van der Waals surface area contributed by atoms with E-state index in [-0.39, 0.29) is 5.91 Å². The Hall–Kier alpha value is -2.83. The lowest BCUT2D eigenvalue weighted by Crippen LogP contribution is -2.35. The molecule has 3 rings (SSSR count). The van der Waals surface area contributed by atoms with Crippen LogP contribution in [0.5, 0.6) is 0 Å². The Balaban J connectivity index is 1.69. The number of amides is 2. The third-order valence-electron chi connectivity index (χ3n) is 4.67. The minimum Gasteiger partial charge on any atom is -0.371 e. The van der Waals surface area contributed by atoms with E-state index in [0.717, 1.165) is 25.2 Å².